The molecule has 6 heteroatoms. The molecule has 122 valence electrons. The first-order valence-corrected chi connectivity index (χ1v) is 7.29. The van der Waals surface area contributed by atoms with Crippen LogP contribution in [0.5, 0.6) is 0 Å². The Morgan fingerprint density at radius 1 is 1.14 bits per heavy atom. The molecule has 3 N–H and O–H groups in total. The summed E-state index contributed by atoms with van der Waals surface area (Å²) >= 11 is 0. The Morgan fingerprint density at radius 3 is 2.18 bits per heavy atom. The molecule has 0 heterocycles. The largest absolute Gasteiger partial charge is 0.480 e. The molecule has 0 aromatic heterocycles. The molecule has 0 radical (unpaired) electrons. The Labute approximate surface area is 130 Å². The molecule has 0 aliphatic carbocycles. The Kier molecular flexibility index (Phi) is 6.85. The first-order chi connectivity index (χ1) is 10.3. The monoisotopic (exact) mass is 308 g/mol. The van der Waals surface area contributed by atoms with Crippen molar-refractivity contribution >= 4 is 17.6 Å². The van der Waals surface area contributed by atoms with Crippen molar-refractivity contribution < 1.29 is 19.8 Å². The molecule has 0 saturated carbocycles. The number of likely N-dealkylation sites (N-methyl/N-ethyl adjacent to an activating group) is 1. The van der Waals surface area contributed by atoms with Crippen molar-refractivity contribution in [3.05, 3.63) is 30.3 Å². The van der Waals surface area contributed by atoms with Crippen LogP contribution in [0.4, 0.5) is 5.69 Å². The van der Waals surface area contributed by atoms with Crippen LogP contribution in [0.3, 0.4) is 0 Å². The number of nitrogens with zero attached hydrogens (tertiary/aromatic N) is 1. The van der Waals surface area contributed by atoms with Gasteiger partial charge < -0.3 is 20.4 Å². The number of carboxylic acid groups (broad SMARTS) is 2. The molecule has 1 aromatic carbocycles. The van der Waals surface area contributed by atoms with E-state index in [9.17, 15) is 19.8 Å². The summed E-state index contributed by atoms with van der Waals surface area (Å²) in [6.45, 7) is 3.93. The molecule has 1 aromatic rings. The molecule has 0 aliphatic heterocycles. The zero-order valence-electron chi connectivity index (χ0n) is 13.2. The molecule has 1 rings (SSSR count). The van der Waals surface area contributed by atoms with Gasteiger partial charge in [-0.1, -0.05) is 32.0 Å². The summed E-state index contributed by atoms with van der Waals surface area (Å²) in [5, 5.41) is 21.5. The van der Waals surface area contributed by atoms with Gasteiger partial charge in [-0.15, -0.1) is 0 Å². The van der Waals surface area contributed by atoms with Gasteiger partial charge in [-0.25, -0.2) is 4.79 Å². The lowest BCUT2D eigenvalue weighted by Gasteiger charge is -2.28. The molecule has 0 bridgehead atoms. The van der Waals surface area contributed by atoms with E-state index in [-0.39, 0.29) is 12.5 Å². The molecular formula is C16H24N2O4. The average Bonchev–Trinajstić information content (AvgIpc) is 2.46. The number of para-hydroxylation sites is 1. The lowest BCUT2D eigenvalue weighted by Crippen LogP contribution is -2.50. The van der Waals surface area contributed by atoms with E-state index in [1.165, 1.54) is 0 Å². The van der Waals surface area contributed by atoms with Gasteiger partial charge in [0.15, 0.2) is 0 Å². The zero-order valence-corrected chi connectivity index (χ0v) is 13.2. The fourth-order valence-corrected chi connectivity index (χ4v) is 2.23. The molecule has 0 amide bonds. The predicted molar refractivity (Wildman–Crippen MR) is 85.2 cm³/mol. The number of hydrogen-bond acceptors (Lipinski definition) is 4. The van der Waals surface area contributed by atoms with Gasteiger partial charge in [0.2, 0.25) is 0 Å². The maximum Gasteiger partial charge on any atom is 0.327 e. The van der Waals surface area contributed by atoms with Gasteiger partial charge in [-0.3, -0.25) is 4.79 Å². The van der Waals surface area contributed by atoms with E-state index in [2.05, 4.69) is 5.32 Å². The number of rotatable bonds is 9. The van der Waals surface area contributed by atoms with Crippen molar-refractivity contribution in [2.24, 2.45) is 5.92 Å². The maximum atomic E-state index is 11.5. The minimum absolute atomic E-state index is 0.0599. The summed E-state index contributed by atoms with van der Waals surface area (Å²) in [7, 11) is 1.69. The summed E-state index contributed by atoms with van der Waals surface area (Å²) in [6.07, 6.45) is 0.455. The first kappa shape index (κ1) is 18.0. The van der Waals surface area contributed by atoms with Crippen molar-refractivity contribution in [3.63, 3.8) is 0 Å². The third kappa shape index (κ3) is 5.37. The van der Waals surface area contributed by atoms with Crippen LogP contribution in [0.25, 0.3) is 0 Å². The summed E-state index contributed by atoms with van der Waals surface area (Å²) in [5.74, 6) is -1.74. The highest BCUT2D eigenvalue weighted by molar-refractivity contribution is 5.79. The van der Waals surface area contributed by atoms with E-state index in [1.54, 1.807) is 11.9 Å². The molecule has 0 saturated heterocycles. The minimum Gasteiger partial charge on any atom is -0.480 e. The first-order valence-electron chi connectivity index (χ1n) is 7.29. The van der Waals surface area contributed by atoms with Gasteiger partial charge in [0, 0.05) is 19.3 Å². The highest BCUT2D eigenvalue weighted by atomic mass is 16.4. The number of carboxylic acids is 2. The molecule has 2 unspecified atom stereocenters. The molecule has 0 spiro atoms. The van der Waals surface area contributed by atoms with Crippen molar-refractivity contribution in [1.29, 1.82) is 0 Å². The number of hydrogen-bond donors (Lipinski definition) is 3. The summed E-state index contributed by atoms with van der Waals surface area (Å²) in [4.78, 5) is 24.4. The second-order valence-electron chi connectivity index (χ2n) is 5.73. The third-order valence-corrected chi connectivity index (χ3v) is 3.48. The number of anilines is 1. The molecule has 6 nitrogen and oxygen atoms in total. The standard InChI is InChI=1S/C16H24N2O4/c1-11(2)9-13(15(19)20)17-10-14(16(21)22)18(3)12-7-5-4-6-8-12/h4-8,11,13-14,17H,9-10H2,1-3H3,(H,19,20)(H,21,22). The predicted octanol–water partition coefficient (Wildman–Crippen LogP) is 1.66. The Bertz CT molecular complexity index is 490. The number of benzene rings is 1. The third-order valence-electron chi connectivity index (χ3n) is 3.48. The highest BCUT2D eigenvalue weighted by Crippen LogP contribution is 2.14. The van der Waals surface area contributed by atoms with E-state index < -0.39 is 24.0 Å². The van der Waals surface area contributed by atoms with Crippen molar-refractivity contribution in [3.8, 4) is 0 Å². The smallest absolute Gasteiger partial charge is 0.327 e. The van der Waals surface area contributed by atoms with Gasteiger partial charge >= 0.3 is 11.9 Å². The van der Waals surface area contributed by atoms with Crippen molar-refractivity contribution in [1.82, 2.24) is 5.32 Å². The van der Waals surface area contributed by atoms with E-state index in [4.69, 9.17) is 0 Å². The fourth-order valence-electron chi connectivity index (χ4n) is 2.23. The van der Waals surface area contributed by atoms with Gasteiger partial charge in [0.1, 0.15) is 12.1 Å². The fraction of sp³-hybridized carbons (Fsp3) is 0.500. The van der Waals surface area contributed by atoms with Crippen LogP contribution >= 0.6 is 0 Å². The second-order valence-corrected chi connectivity index (χ2v) is 5.73. The van der Waals surface area contributed by atoms with E-state index in [0.717, 1.165) is 5.69 Å². The normalized spacial score (nSPS) is 13.6. The lowest BCUT2D eigenvalue weighted by molar-refractivity contribution is -0.141. The molecule has 0 aliphatic rings. The summed E-state index contributed by atoms with van der Waals surface area (Å²) < 4.78 is 0. The van der Waals surface area contributed by atoms with E-state index in [0.29, 0.717) is 6.42 Å². The van der Waals surface area contributed by atoms with E-state index >= 15 is 0 Å². The van der Waals surface area contributed by atoms with Gasteiger partial charge in [0.05, 0.1) is 0 Å². The van der Waals surface area contributed by atoms with Gasteiger partial charge in [-0.05, 0) is 24.5 Å². The molecule has 2 atom stereocenters. The Morgan fingerprint density at radius 2 is 1.73 bits per heavy atom. The maximum absolute atomic E-state index is 11.5. The number of carbonyl (C=O) groups is 2. The van der Waals surface area contributed by atoms with Crippen LogP contribution in [0, 0.1) is 5.92 Å². The molecule has 0 fully saturated rings. The topological polar surface area (TPSA) is 89.9 Å². The van der Waals surface area contributed by atoms with Crippen molar-refractivity contribution in [2.75, 3.05) is 18.5 Å². The Hall–Kier alpha value is -2.08. The SMILES string of the molecule is CC(C)CC(NCC(C(=O)O)N(C)c1ccccc1)C(=O)O. The number of nitrogens with one attached hydrogen (secondary N) is 1. The zero-order chi connectivity index (χ0) is 16.7. The van der Waals surface area contributed by atoms with Crippen molar-refractivity contribution in [2.45, 2.75) is 32.4 Å². The van der Waals surface area contributed by atoms with Gasteiger partial charge in [-0.2, -0.15) is 0 Å². The van der Waals surface area contributed by atoms with Crippen LogP contribution in [0.2, 0.25) is 0 Å². The lowest BCUT2D eigenvalue weighted by atomic mass is 10.0. The quantitative estimate of drug-likeness (QED) is 0.643. The van der Waals surface area contributed by atoms with Crippen LogP contribution in [0.1, 0.15) is 20.3 Å². The van der Waals surface area contributed by atoms with Crippen LogP contribution in [-0.4, -0.2) is 47.8 Å². The van der Waals surface area contributed by atoms with Crippen LogP contribution in [0.15, 0.2) is 30.3 Å². The summed E-state index contributed by atoms with van der Waals surface area (Å²) in [6, 6.07) is 7.57. The summed E-state index contributed by atoms with van der Waals surface area (Å²) in [5.41, 5.74) is 0.771. The average molecular weight is 308 g/mol. The molecule has 22 heavy (non-hydrogen) atoms. The number of aliphatic carboxylic acids is 2. The minimum atomic E-state index is -0.993. The van der Waals surface area contributed by atoms with Gasteiger partial charge in [0.25, 0.3) is 0 Å². The second kappa shape index (κ2) is 8.38. The van der Waals surface area contributed by atoms with Crippen LogP contribution in [-0.2, 0) is 9.59 Å². The Balaban J connectivity index is 2.76. The highest BCUT2D eigenvalue weighted by Gasteiger charge is 2.26. The van der Waals surface area contributed by atoms with E-state index in [1.807, 2.05) is 44.2 Å². The van der Waals surface area contributed by atoms with Crippen LogP contribution < -0.4 is 10.2 Å². The molecular weight excluding hydrogens is 284 g/mol.